The van der Waals surface area contributed by atoms with Crippen LogP contribution in [0.15, 0.2) is 60.1 Å². The number of piperidine rings is 2. The summed E-state index contributed by atoms with van der Waals surface area (Å²) >= 11 is 1.19. The van der Waals surface area contributed by atoms with Gasteiger partial charge in [-0.25, -0.2) is 13.8 Å². The van der Waals surface area contributed by atoms with Crippen molar-refractivity contribution in [2.24, 2.45) is 0 Å². The molecule has 4 aliphatic rings. The predicted octanol–water partition coefficient (Wildman–Crippen LogP) is 4.32. The van der Waals surface area contributed by atoms with Crippen LogP contribution in [0.4, 0.5) is 19.6 Å². The summed E-state index contributed by atoms with van der Waals surface area (Å²) in [6, 6.07) is 10.1. The second-order valence-corrected chi connectivity index (χ2v) is 15.2. The van der Waals surface area contributed by atoms with Gasteiger partial charge in [0.2, 0.25) is 11.8 Å². The molecular formula is C39H37F2N7O6S. The molecule has 5 heterocycles. The number of nitrogens with zero attached hydrogens (tertiary/aromatic N) is 5. The van der Waals surface area contributed by atoms with Crippen LogP contribution in [0, 0.1) is 11.6 Å². The van der Waals surface area contributed by atoms with E-state index in [-0.39, 0.29) is 60.3 Å². The van der Waals surface area contributed by atoms with Crippen LogP contribution < -0.4 is 15.5 Å². The third-order valence-corrected chi connectivity index (χ3v) is 11.7. The Kier molecular flexibility index (Phi) is 9.55. The van der Waals surface area contributed by atoms with Crippen molar-refractivity contribution < 1.29 is 37.9 Å². The van der Waals surface area contributed by atoms with Crippen molar-refractivity contribution in [3.05, 3.63) is 105 Å². The van der Waals surface area contributed by atoms with E-state index in [4.69, 9.17) is 0 Å². The summed E-state index contributed by atoms with van der Waals surface area (Å²) in [4.78, 5) is 75.7. The van der Waals surface area contributed by atoms with Crippen LogP contribution >= 0.6 is 11.3 Å². The Labute approximate surface area is 318 Å². The summed E-state index contributed by atoms with van der Waals surface area (Å²) in [6.07, 6.45) is 3.37. The second-order valence-electron chi connectivity index (χ2n) is 14.3. The van der Waals surface area contributed by atoms with Crippen molar-refractivity contribution in [1.29, 1.82) is 0 Å². The summed E-state index contributed by atoms with van der Waals surface area (Å²) in [5.41, 5.74) is 2.87. The van der Waals surface area contributed by atoms with E-state index in [2.05, 4.69) is 25.4 Å². The van der Waals surface area contributed by atoms with E-state index < -0.39 is 47.3 Å². The number of anilines is 2. The van der Waals surface area contributed by atoms with Crippen LogP contribution in [0.1, 0.15) is 74.7 Å². The number of phenolic OH excluding ortho intramolecular Hbond substituents is 1. The number of aromatic nitrogens is 1. The highest BCUT2D eigenvalue weighted by molar-refractivity contribution is 7.13. The van der Waals surface area contributed by atoms with E-state index in [1.165, 1.54) is 27.3 Å². The van der Waals surface area contributed by atoms with Gasteiger partial charge in [0.1, 0.15) is 29.5 Å². The molecule has 55 heavy (non-hydrogen) atoms. The Morgan fingerprint density at radius 2 is 1.82 bits per heavy atom. The molecule has 1 aromatic heterocycles. The Bertz CT molecular complexity index is 2230. The van der Waals surface area contributed by atoms with E-state index in [0.717, 1.165) is 36.7 Å². The number of phenols is 1. The van der Waals surface area contributed by atoms with Crippen LogP contribution in [0.3, 0.4) is 0 Å². The molecule has 5 amide bonds. The largest absolute Gasteiger partial charge is 0.508 e. The maximum Gasteiger partial charge on any atom is 0.255 e. The SMILES string of the molecule is CN(Cc1ccc2c(c1F)CN(C1CCC(=O)NC1=O)C2=O)C1CCN(c2ccc3c(c2)C(=O)N(C(C(=O)Nc2nccs2)c2cc(F)ccc2O)C3)CC1. The van der Waals surface area contributed by atoms with Gasteiger partial charge >= 0.3 is 0 Å². The van der Waals surface area contributed by atoms with Crippen LogP contribution in [-0.4, -0.2) is 86.5 Å². The first-order valence-corrected chi connectivity index (χ1v) is 18.9. The van der Waals surface area contributed by atoms with Gasteiger partial charge < -0.3 is 19.8 Å². The average Bonchev–Trinajstić information content (AvgIpc) is 3.89. The quantitative estimate of drug-likeness (QED) is 0.211. The molecule has 0 saturated carbocycles. The lowest BCUT2D eigenvalue weighted by atomic mass is 10.00. The van der Waals surface area contributed by atoms with Crippen molar-refractivity contribution in [3.63, 3.8) is 0 Å². The third-order valence-electron chi connectivity index (χ3n) is 11.0. The van der Waals surface area contributed by atoms with Gasteiger partial charge in [-0.2, -0.15) is 0 Å². The summed E-state index contributed by atoms with van der Waals surface area (Å²) in [6.45, 7) is 1.71. The Balaban J connectivity index is 0.922. The maximum atomic E-state index is 15.9. The summed E-state index contributed by atoms with van der Waals surface area (Å²) in [7, 11) is 1.94. The molecule has 2 saturated heterocycles. The molecular weight excluding hydrogens is 733 g/mol. The number of fused-ring (bicyclic) bond motifs is 2. The Morgan fingerprint density at radius 3 is 2.56 bits per heavy atom. The fourth-order valence-corrected chi connectivity index (χ4v) is 8.64. The topological polar surface area (TPSA) is 155 Å². The van der Waals surface area contributed by atoms with E-state index >= 15 is 4.39 Å². The number of halogens is 2. The first-order valence-electron chi connectivity index (χ1n) is 18.0. The zero-order chi connectivity index (χ0) is 38.5. The number of carbonyl (C=O) groups excluding carboxylic acids is 5. The molecule has 13 nitrogen and oxygen atoms in total. The standard InChI is InChI=1S/C39H37F2N7O6S/c1-45(18-22-3-6-26-29(33(22)41)20-47(37(26)53)30-7-9-32(50)43-35(30)51)24-10-13-46(14-11-24)25-5-2-21-19-48(38(54)27(21)17-25)34(28-16-23(40)4-8-31(28)49)36(52)44-39-42-12-15-55-39/h2-6,8,12,15-17,24,30,34,49H,7,9-11,13-14,18-20H2,1H3,(H,42,44,52)(H,43,50,51). The molecule has 8 rings (SSSR count). The van der Waals surface area contributed by atoms with E-state index in [0.29, 0.717) is 41.5 Å². The van der Waals surface area contributed by atoms with Gasteiger partial charge in [0.25, 0.3) is 17.7 Å². The predicted molar refractivity (Wildman–Crippen MR) is 197 cm³/mol. The number of hydrogen-bond acceptors (Lipinski definition) is 10. The highest BCUT2D eigenvalue weighted by atomic mass is 32.1. The molecule has 0 bridgehead atoms. The lowest BCUT2D eigenvalue weighted by molar-refractivity contribution is -0.137. The summed E-state index contributed by atoms with van der Waals surface area (Å²) in [5, 5.41) is 17.6. The fourth-order valence-electron chi connectivity index (χ4n) is 8.11. The molecule has 2 atom stereocenters. The Hall–Kier alpha value is -5.74. The third kappa shape index (κ3) is 6.80. The molecule has 2 unspecified atom stereocenters. The number of hydrogen-bond donors (Lipinski definition) is 3. The van der Waals surface area contributed by atoms with E-state index in [1.807, 2.05) is 25.2 Å². The van der Waals surface area contributed by atoms with Gasteiger partial charge in [0.05, 0.1) is 6.54 Å². The van der Waals surface area contributed by atoms with Crippen molar-refractivity contribution in [2.45, 2.75) is 63.4 Å². The van der Waals surface area contributed by atoms with Crippen molar-refractivity contribution in [3.8, 4) is 5.75 Å². The summed E-state index contributed by atoms with van der Waals surface area (Å²) < 4.78 is 30.3. The maximum absolute atomic E-state index is 15.9. The zero-order valence-corrected chi connectivity index (χ0v) is 30.6. The van der Waals surface area contributed by atoms with Gasteiger partial charge in [0.15, 0.2) is 5.13 Å². The smallest absolute Gasteiger partial charge is 0.255 e. The zero-order valence-electron chi connectivity index (χ0n) is 29.8. The van der Waals surface area contributed by atoms with Gasteiger partial charge in [-0.3, -0.25) is 39.5 Å². The van der Waals surface area contributed by atoms with Gasteiger partial charge in [0, 0.05) is 83.7 Å². The van der Waals surface area contributed by atoms with Gasteiger partial charge in [-0.1, -0.05) is 12.1 Å². The molecule has 0 aliphatic carbocycles. The summed E-state index contributed by atoms with van der Waals surface area (Å²) in [5.74, 6) is -3.83. The molecule has 2 fully saturated rings. The van der Waals surface area contributed by atoms with Gasteiger partial charge in [-0.05, 0) is 68.3 Å². The minimum atomic E-state index is -1.32. The monoisotopic (exact) mass is 769 g/mol. The number of amides is 5. The second kappa shape index (κ2) is 14.5. The normalized spacial score (nSPS) is 19.2. The fraction of sp³-hybridized carbons (Fsp3) is 0.333. The van der Waals surface area contributed by atoms with Crippen LogP contribution in [0.5, 0.6) is 5.75 Å². The molecule has 4 aromatic rings. The minimum Gasteiger partial charge on any atom is -0.508 e. The number of aromatic hydroxyl groups is 1. The van der Waals surface area contributed by atoms with Crippen molar-refractivity contribution in [1.82, 2.24) is 25.0 Å². The number of imide groups is 1. The number of nitrogens with one attached hydrogen (secondary N) is 2. The first-order chi connectivity index (χ1) is 26.5. The first kappa shape index (κ1) is 36.2. The molecule has 0 spiro atoms. The van der Waals surface area contributed by atoms with Crippen molar-refractivity contribution in [2.75, 3.05) is 30.4 Å². The van der Waals surface area contributed by atoms with Crippen LogP contribution in [0.2, 0.25) is 0 Å². The highest BCUT2D eigenvalue weighted by Crippen LogP contribution is 2.38. The molecule has 0 radical (unpaired) electrons. The lowest BCUT2D eigenvalue weighted by Crippen LogP contribution is -2.52. The van der Waals surface area contributed by atoms with E-state index in [1.54, 1.807) is 17.5 Å². The van der Waals surface area contributed by atoms with Crippen LogP contribution in [0.25, 0.3) is 0 Å². The van der Waals surface area contributed by atoms with E-state index in [9.17, 15) is 33.5 Å². The minimum absolute atomic E-state index is 0.0307. The van der Waals surface area contributed by atoms with Crippen LogP contribution in [-0.2, 0) is 34.0 Å². The molecule has 3 N–H and O–H groups in total. The number of thiazole rings is 1. The molecule has 16 heteroatoms. The molecule has 4 aliphatic heterocycles. The molecule has 284 valence electrons. The number of benzene rings is 3. The average molecular weight is 770 g/mol. The van der Waals surface area contributed by atoms with Crippen molar-refractivity contribution >= 4 is 51.7 Å². The van der Waals surface area contributed by atoms with Gasteiger partial charge in [-0.15, -0.1) is 11.3 Å². The molecule has 3 aromatic carbocycles. The Morgan fingerprint density at radius 1 is 1.02 bits per heavy atom. The number of rotatable bonds is 9. The lowest BCUT2D eigenvalue weighted by Gasteiger charge is -2.38. The number of carbonyl (C=O) groups is 5. The highest BCUT2D eigenvalue weighted by Gasteiger charge is 2.42.